The first kappa shape index (κ1) is 34.6. The molecule has 0 saturated heterocycles. The molecule has 3 nitrogen and oxygen atoms in total. The molecule has 0 unspecified atom stereocenters. The van der Waals surface area contributed by atoms with Crippen LogP contribution in [0.1, 0.15) is 11.1 Å². The zero-order chi connectivity index (χ0) is 39.5. The fraction of sp³-hybridized carbons (Fsp3) is 0.0357. The molecule has 0 radical (unpaired) electrons. The Morgan fingerprint density at radius 3 is 1.75 bits per heavy atom. The maximum atomic E-state index is 6.99. The van der Waals surface area contributed by atoms with E-state index in [0.717, 1.165) is 66.9 Å². The molecule has 11 rings (SSSR count). The van der Waals surface area contributed by atoms with E-state index in [2.05, 4.69) is 230 Å². The zero-order valence-electron chi connectivity index (χ0n) is 32.9. The largest absolute Gasteiger partial charge is 0.455 e. The van der Waals surface area contributed by atoms with E-state index in [0.29, 0.717) is 0 Å². The Hall–Kier alpha value is -7.62. The second-order valence-corrected chi connectivity index (χ2v) is 15.4. The summed E-state index contributed by atoms with van der Waals surface area (Å²) in [5, 5.41) is 4.65. The third kappa shape index (κ3) is 5.74. The van der Waals surface area contributed by atoms with Crippen molar-refractivity contribution in [1.82, 2.24) is 4.57 Å². The summed E-state index contributed by atoms with van der Waals surface area (Å²) in [5.74, 6) is 0. The Kier molecular flexibility index (Phi) is 8.27. The van der Waals surface area contributed by atoms with Crippen molar-refractivity contribution >= 4 is 60.8 Å². The molecule has 0 amide bonds. The molecule has 0 fully saturated rings. The Bertz CT molecular complexity index is 3300. The highest BCUT2D eigenvalue weighted by Gasteiger charge is 2.27. The molecular weight excluding hydrogens is 717 g/mol. The fourth-order valence-electron chi connectivity index (χ4n) is 9.13. The first-order valence-corrected chi connectivity index (χ1v) is 20.3. The Morgan fingerprint density at radius 2 is 1.02 bits per heavy atom. The van der Waals surface area contributed by atoms with E-state index in [1.165, 1.54) is 44.1 Å². The van der Waals surface area contributed by atoms with E-state index >= 15 is 0 Å². The average Bonchev–Trinajstić information content (AvgIpc) is 3.85. The predicted molar refractivity (Wildman–Crippen MR) is 249 cm³/mol. The van der Waals surface area contributed by atoms with Crippen LogP contribution in [0.25, 0.3) is 82.8 Å². The minimum Gasteiger partial charge on any atom is -0.455 e. The van der Waals surface area contributed by atoms with Crippen molar-refractivity contribution in [3.63, 3.8) is 0 Å². The van der Waals surface area contributed by atoms with Gasteiger partial charge in [-0.05, 0) is 108 Å². The first-order chi connectivity index (χ1) is 29.1. The van der Waals surface area contributed by atoms with Gasteiger partial charge < -0.3 is 13.9 Å². The maximum Gasteiger partial charge on any atom is 0.145 e. The van der Waals surface area contributed by atoms with E-state index in [4.69, 9.17) is 4.42 Å². The van der Waals surface area contributed by atoms with Gasteiger partial charge in [0.05, 0.1) is 27.8 Å². The van der Waals surface area contributed by atoms with Crippen molar-refractivity contribution in [3.05, 3.63) is 217 Å². The van der Waals surface area contributed by atoms with E-state index in [-0.39, 0.29) is 0 Å². The molecule has 3 heteroatoms. The quantitative estimate of drug-likeness (QED) is 0.161. The van der Waals surface area contributed by atoms with Gasteiger partial charge in [0.25, 0.3) is 0 Å². The van der Waals surface area contributed by atoms with Gasteiger partial charge in [-0.3, -0.25) is 0 Å². The molecule has 280 valence electrons. The molecule has 0 bridgehead atoms. The summed E-state index contributed by atoms with van der Waals surface area (Å²) in [6.45, 7) is 4.45. The summed E-state index contributed by atoms with van der Waals surface area (Å²) in [6, 6.07) is 74.2. The van der Waals surface area contributed by atoms with Crippen molar-refractivity contribution in [2.75, 3.05) is 4.90 Å². The Labute approximate surface area is 343 Å². The Morgan fingerprint density at radius 1 is 0.407 bits per heavy atom. The standard InChI is InChI=1S/C56H40N2O/c1-37-18-9-13-28-49(37)58(55-38(2)34-42(39-19-5-3-6-20-39)36-48(55)40-21-7-4-8-22-40)52-33-32-44(56-54(52)47-27-12-16-31-53(47)59-56)41-23-17-24-43(35-41)57-50-29-14-10-25-45(50)46-26-11-15-30-51(46)57/h3-36H,1-2H3. The van der Waals surface area contributed by atoms with Crippen molar-refractivity contribution in [2.45, 2.75) is 13.8 Å². The highest BCUT2D eigenvalue weighted by atomic mass is 16.3. The lowest BCUT2D eigenvalue weighted by molar-refractivity contribution is 0.670. The smallest absolute Gasteiger partial charge is 0.145 e. The molecule has 0 spiro atoms. The van der Waals surface area contributed by atoms with Crippen LogP contribution >= 0.6 is 0 Å². The number of hydrogen-bond acceptors (Lipinski definition) is 2. The molecule has 59 heavy (non-hydrogen) atoms. The summed E-state index contributed by atoms with van der Waals surface area (Å²) in [6.07, 6.45) is 0. The summed E-state index contributed by atoms with van der Waals surface area (Å²) in [4.78, 5) is 2.48. The number of fused-ring (bicyclic) bond motifs is 6. The number of benzene rings is 9. The molecule has 2 heterocycles. The minimum absolute atomic E-state index is 0.860. The first-order valence-electron chi connectivity index (χ1n) is 20.3. The average molecular weight is 757 g/mol. The topological polar surface area (TPSA) is 21.3 Å². The zero-order valence-corrected chi connectivity index (χ0v) is 32.9. The van der Waals surface area contributed by atoms with E-state index in [9.17, 15) is 0 Å². The van der Waals surface area contributed by atoms with Crippen LogP contribution in [0, 0.1) is 13.8 Å². The lowest BCUT2D eigenvalue weighted by Crippen LogP contribution is -2.14. The number of anilines is 3. The molecule has 0 N–H and O–H groups in total. The third-order valence-electron chi connectivity index (χ3n) is 11.8. The molecule has 9 aromatic carbocycles. The predicted octanol–water partition coefficient (Wildman–Crippen LogP) is 15.8. The summed E-state index contributed by atoms with van der Waals surface area (Å²) < 4.78 is 9.37. The van der Waals surface area contributed by atoms with Crippen LogP contribution in [0.2, 0.25) is 0 Å². The van der Waals surface area contributed by atoms with Gasteiger partial charge in [-0.15, -0.1) is 0 Å². The van der Waals surface area contributed by atoms with Crippen LogP contribution in [-0.2, 0) is 0 Å². The van der Waals surface area contributed by atoms with Gasteiger partial charge in [0.15, 0.2) is 0 Å². The normalized spacial score (nSPS) is 11.6. The lowest BCUT2D eigenvalue weighted by Gasteiger charge is -2.32. The summed E-state index contributed by atoms with van der Waals surface area (Å²) in [5.41, 5.74) is 17.7. The SMILES string of the molecule is Cc1ccccc1N(c1c(C)cc(-c2ccccc2)cc1-c1ccccc1)c1ccc(-c2cccc(-n3c4ccccc4c4ccccc43)c2)c2oc3ccccc3c12. The van der Waals surface area contributed by atoms with Crippen LogP contribution in [0.3, 0.4) is 0 Å². The number of rotatable bonds is 7. The van der Waals surface area contributed by atoms with Gasteiger partial charge in [0, 0.05) is 38.7 Å². The second kappa shape index (κ2) is 14.1. The molecule has 0 aliphatic carbocycles. The number of nitrogens with zero attached hydrogens (tertiary/aromatic N) is 2. The van der Waals surface area contributed by atoms with Gasteiger partial charge in [0.2, 0.25) is 0 Å². The number of para-hydroxylation sites is 4. The summed E-state index contributed by atoms with van der Waals surface area (Å²) in [7, 11) is 0. The van der Waals surface area contributed by atoms with Gasteiger partial charge in [0.1, 0.15) is 11.2 Å². The molecule has 0 saturated carbocycles. The van der Waals surface area contributed by atoms with E-state index in [1.54, 1.807) is 0 Å². The monoisotopic (exact) mass is 756 g/mol. The van der Waals surface area contributed by atoms with Crippen molar-refractivity contribution in [3.8, 4) is 39.1 Å². The minimum atomic E-state index is 0.860. The van der Waals surface area contributed by atoms with Crippen molar-refractivity contribution < 1.29 is 4.42 Å². The number of aryl methyl sites for hydroxylation is 2. The molecule has 0 aliphatic rings. The van der Waals surface area contributed by atoms with Crippen LogP contribution in [0.15, 0.2) is 211 Å². The molecule has 11 aromatic rings. The van der Waals surface area contributed by atoms with Crippen molar-refractivity contribution in [1.29, 1.82) is 0 Å². The van der Waals surface area contributed by atoms with Crippen LogP contribution in [-0.4, -0.2) is 4.57 Å². The van der Waals surface area contributed by atoms with Crippen LogP contribution < -0.4 is 4.90 Å². The van der Waals surface area contributed by atoms with Gasteiger partial charge in [-0.2, -0.15) is 0 Å². The fourth-order valence-corrected chi connectivity index (χ4v) is 9.13. The van der Waals surface area contributed by atoms with Crippen molar-refractivity contribution in [2.24, 2.45) is 0 Å². The van der Waals surface area contributed by atoms with Crippen LogP contribution in [0.5, 0.6) is 0 Å². The van der Waals surface area contributed by atoms with Gasteiger partial charge >= 0.3 is 0 Å². The second-order valence-electron chi connectivity index (χ2n) is 15.4. The highest BCUT2D eigenvalue weighted by Crippen LogP contribution is 2.50. The van der Waals surface area contributed by atoms with Gasteiger partial charge in [-0.1, -0.05) is 146 Å². The molecule has 2 aromatic heterocycles. The number of aromatic nitrogens is 1. The van der Waals surface area contributed by atoms with Crippen LogP contribution in [0.4, 0.5) is 17.1 Å². The highest BCUT2D eigenvalue weighted by molar-refractivity contribution is 6.18. The number of furan rings is 1. The van der Waals surface area contributed by atoms with E-state index in [1.807, 2.05) is 0 Å². The molecule has 0 atom stereocenters. The van der Waals surface area contributed by atoms with Gasteiger partial charge in [-0.25, -0.2) is 0 Å². The third-order valence-corrected chi connectivity index (χ3v) is 11.8. The maximum absolute atomic E-state index is 6.99. The summed E-state index contributed by atoms with van der Waals surface area (Å²) >= 11 is 0. The number of hydrogen-bond donors (Lipinski definition) is 0. The lowest BCUT2D eigenvalue weighted by atomic mass is 9.92. The molecular formula is C56H40N2O. The molecule has 0 aliphatic heterocycles. The Balaban J connectivity index is 1.18. The van der Waals surface area contributed by atoms with E-state index < -0.39 is 0 Å².